The van der Waals surface area contributed by atoms with Crippen molar-refractivity contribution in [2.24, 2.45) is 5.92 Å². The van der Waals surface area contributed by atoms with Gasteiger partial charge in [-0.15, -0.1) is 0 Å². The lowest BCUT2D eigenvalue weighted by Gasteiger charge is -2.27. The Morgan fingerprint density at radius 1 is 1.21 bits per heavy atom. The van der Waals surface area contributed by atoms with Gasteiger partial charge in [0.2, 0.25) is 11.8 Å². The highest BCUT2D eigenvalue weighted by Crippen LogP contribution is 2.33. The highest BCUT2D eigenvalue weighted by atomic mass is 32.1. The van der Waals surface area contributed by atoms with Gasteiger partial charge in [0.1, 0.15) is 0 Å². The van der Waals surface area contributed by atoms with E-state index in [-0.39, 0.29) is 29.9 Å². The summed E-state index contributed by atoms with van der Waals surface area (Å²) in [6, 6.07) is 0. The topological polar surface area (TPSA) is 79.4 Å². The van der Waals surface area contributed by atoms with Crippen LogP contribution in [0.4, 0.5) is 5.13 Å². The zero-order valence-corrected chi connectivity index (χ0v) is 14.8. The van der Waals surface area contributed by atoms with Gasteiger partial charge in [-0.2, -0.15) is 0 Å². The first kappa shape index (κ1) is 17.1. The fourth-order valence-corrected chi connectivity index (χ4v) is 4.27. The van der Waals surface area contributed by atoms with Gasteiger partial charge in [-0.1, -0.05) is 31.1 Å². The summed E-state index contributed by atoms with van der Waals surface area (Å²) in [4.78, 5) is 43.6. The Bertz CT molecular complexity index is 648. The van der Waals surface area contributed by atoms with Crippen LogP contribution >= 0.6 is 11.3 Å². The maximum Gasteiger partial charge on any atom is 0.226 e. The Morgan fingerprint density at radius 3 is 2.58 bits per heavy atom. The average Bonchev–Trinajstić information content (AvgIpc) is 2.80. The fraction of sp³-hybridized carbons (Fsp3) is 0.647. The predicted molar refractivity (Wildman–Crippen MR) is 92.2 cm³/mol. The third kappa shape index (κ3) is 3.66. The number of likely N-dealkylation sites (tertiary alicyclic amines) is 1. The normalized spacial score (nSPS) is 21.1. The first-order valence-electron chi connectivity index (χ1n) is 8.70. The molecule has 0 bridgehead atoms. The molecule has 0 spiro atoms. The van der Waals surface area contributed by atoms with Crippen molar-refractivity contribution in [3.05, 3.63) is 10.6 Å². The minimum atomic E-state index is -0.306. The SMILES string of the molecule is CCC(=O)Nc1nc2c(s1)C(=O)CC(C(=O)N1CCCCCC1)C2. The van der Waals surface area contributed by atoms with Crippen molar-refractivity contribution >= 4 is 34.1 Å². The molecule has 1 N–H and O–H groups in total. The number of rotatable bonds is 3. The van der Waals surface area contributed by atoms with Crippen molar-refractivity contribution in [1.29, 1.82) is 0 Å². The molecule has 1 unspecified atom stereocenters. The Morgan fingerprint density at radius 2 is 1.92 bits per heavy atom. The second-order valence-electron chi connectivity index (χ2n) is 6.46. The van der Waals surface area contributed by atoms with Crippen LogP contribution in [0.25, 0.3) is 0 Å². The minimum Gasteiger partial charge on any atom is -0.342 e. The van der Waals surface area contributed by atoms with Crippen molar-refractivity contribution in [1.82, 2.24) is 9.88 Å². The summed E-state index contributed by atoms with van der Waals surface area (Å²) in [6.07, 6.45) is 5.55. The smallest absolute Gasteiger partial charge is 0.226 e. The lowest BCUT2D eigenvalue weighted by molar-refractivity contribution is -0.135. The Balaban J connectivity index is 1.72. The van der Waals surface area contributed by atoms with Crippen LogP contribution in [0.5, 0.6) is 0 Å². The highest BCUT2D eigenvalue weighted by Gasteiger charge is 2.35. The number of hydrogen-bond acceptors (Lipinski definition) is 5. The molecule has 2 amide bonds. The molecule has 1 aliphatic carbocycles. The summed E-state index contributed by atoms with van der Waals surface area (Å²) in [5.41, 5.74) is 0.663. The highest BCUT2D eigenvalue weighted by molar-refractivity contribution is 7.17. The summed E-state index contributed by atoms with van der Waals surface area (Å²) < 4.78 is 0. The molecular formula is C17H23N3O3S. The van der Waals surface area contributed by atoms with E-state index in [1.54, 1.807) is 6.92 Å². The number of Topliss-reactive ketones (excluding diaryl/α,β-unsaturated/α-hetero) is 1. The molecule has 2 aliphatic rings. The summed E-state index contributed by atoms with van der Waals surface area (Å²) in [7, 11) is 0. The van der Waals surface area contributed by atoms with Crippen molar-refractivity contribution in [3.8, 4) is 0 Å². The summed E-state index contributed by atoms with van der Waals surface area (Å²) in [5, 5.41) is 3.17. The first-order chi connectivity index (χ1) is 11.6. The molecule has 0 aromatic carbocycles. The molecule has 1 fully saturated rings. The Hall–Kier alpha value is -1.76. The van der Waals surface area contributed by atoms with Gasteiger partial charge in [0, 0.05) is 32.4 Å². The summed E-state index contributed by atoms with van der Waals surface area (Å²) in [6.45, 7) is 3.36. The van der Waals surface area contributed by atoms with Crippen LogP contribution in [0.2, 0.25) is 0 Å². The number of carbonyl (C=O) groups is 3. The van der Waals surface area contributed by atoms with Gasteiger partial charge in [-0.25, -0.2) is 4.98 Å². The zero-order chi connectivity index (χ0) is 17.1. The van der Waals surface area contributed by atoms with Crippen LogP contribution in [-0.2, 0) is 16.0 Å². The maximum atomic E-state index is 12.8. The lowest BCUT2D eigenvalue weighted by Crippen LogP contribution is -2.40. The van der Waals surface area contributed by atoms with E-state index >= 15 is 0 Å². The number of anilines is 1. The van der Waals surface area contributed by atoms with Crippen LogP contribution in [-0.4, -0.2) is 40.6 Å². The van der Waals surface area contributed by atoms with Gasteiger partial charge in [-0.3, -0.25) is 14.4 Å². The molecule has 6 nitrogen and oxygen atoms in total. The van der Waals surface area contributed by atoms with E-state index < -0.39 is 0 Å². The molecule has 7 heteroatoms. The largest absolute Gasteiger partial charge is 0.342 e. The van der Waals surface area contributed by atoms with Gasteiger partial charge in [-0.05, 0) is 12.8 Å². The van der Waals surface area contributed by atoms with Gasteiger partial charge < -0.3 is 10.2 Å². The second-order valence-corrected chi connectivity index (χ2v) is 7.46. The number of fused-ring (bicyclic) bond motifs is 1. The fourth-order valence-electron chi connectivity index (χ4n) is 3.32. The number of hydrogen-bond donors (Lipinski definition) is 1. The number of aromatic nitrogens is 1. The number of amides is 2. The van der Waals surface area contributed by atoms with Gasteiger partial charge in [0.05, 0.1) is 16.5 Å². The number of nitrogens with zero attached hydrogens (tertiary/aromatic N) is 2. The molecule has 3 rings (SSSR count). The van der Waals surface area contributed by atoms with Crippen molar-refractivity contribution in [2.45, 2.75) is 51.9 Å². The van der Waals surface area contributed by atoms with Crippen LogP contribution in [0.1, 0.15) is 60.8 Å². The van der Waals surface area contributed by atoms with E-state index in [9.17, 15) is 14.4 Å². The molecule has 130 valence electrons. The average molecular weight is 349 g/mol. The van der Waals surface area contributed by atoms with E-state index in [4.69, 9.17) is 0 Å². The standard InChI is InChI=1S/C17H23N3O3S/c1-2-14(22)19-17-18-12-9-11(10-13(21)15(12)24-17)16(23)20-7-5-3-4-6-8-20/h11H,2-10H2,1H3,(H,18,19,22). The van der Waals surface area contributed by atoms with Crippen molar-refractivity contribution < 1.29 is 14.4 Å². The minimum absolute atomic E-state index is 0.0288. The van der Waals surface area contributed by atoms with E-state index in [1.165, 1.54) is 24.2 Å². The predicted octanol–water partition coefficient (Wildman–Crippen LogP) is 2.64. The molecule has 1 aromatic rings. The van der Waals surface area contributed by atoms with Gasteiger partial charge in [0.15, 0.2) is 10.9 Å². The summed E-state index contributed by atoms with van der Waals surface area (Å²) in [5.74, 6) is -0.368. The van der Waals surface area contributed by atoms with E-state index in [0.717, 1.165) is 25.9 Å². The quantitative estimate of drug-likeness (QED) is 0.910. The molecule has 1 aliphatic heterocycles. The third-order valence-electron chi connectivity index (χ3n) is 4.66. The monoisotopic (exact) mass is 349 g/mol. The maximum absolute atomic E-state index is 12.8. The van der Waals surface area contributed by atoms with Crippen molar-refractivity contribution in [3.63, 3.8) is 0 Å². The third-order valence-corrected chi connectivity index (χ3v) is 5.71. The molecule has 0 radical (unpaired) electrons. The van der Waals surface area contributed by atoms with E-state index in [0.29, 0.717) is 28.5 Å². The number of carbonyl (C=O) groups excluding carboxylic acids is 3. The zero-order valence-electron chi connectivity index (χ0n) is 14.0. The van der Waals surface area contributed by atoms with Crippen LogP contribution < -0.4 is 5.32 Å². The van der Waals surface area contributed by atoms with E-state index in [1.807, 2.05) is 4.90 Å². The summed E-state index contributed by atoms with van der Waals surface area (Å²) >= 11 is 1.22. The molecule has 2 heterocycles. The first-order valence-corrected chi connectivity index (χ1v) is 9.51. The van der Waals surface area contributed by atoms with Crippen molar-refractivity contribution in [2.75, 3.05) is 18.4 Å². The Kier molecular flexibility index (Phi) is 5.28. The van der Waals surface area contributed by atoms with Gasteiger partial charge >= 0.3 is 0 Å². The number of ketones is 1. The Labute approximate surface area is 145 Å². The second kappa shape index (κ2) is 7.42. The molecule has 24 heavy (non-hydrogen) atoms. The molecule has 1 saturated heterocycles. The number of thiazole rings is 1. The van der Waals surface area contributed by atoms with E-state index in [2.05, 4.69) is 10.3 Å². The lowest BCUT2D eigenvalue weighted by atomic mass is 9.89. The molecule has 0 saturated carbocycles. The van der Waals surface area contributed by atoms with Crippen LogP contribution in [0, 0.1) is 5.92 Å². The molecular weight excluding hydrogens is 326 g/mol. The van der Waals surface area contributed by atoms with Gasteiger partial charge in [0.25, 0.3) is 0 Å². The molecule has 1 aromatic heterocycles. The van der Waals surface area contributed by atoms with Crippen LogP contribution in [0.15, 0.2) is 0 Å². The molecule has 1 atom stereocenters. The number of nitrogens with one attached hydrogen (secondary N) is 1. The van der Waals surface area contributed by atoms with Crippen LogP contribution in [0.3, 0.4) is 0 Å².